The maximum atomic E-state index is 5.82. The number of ether oxygens (including phenoxy) is 2. The van der Waals surface area contributed by atoms with Gasteiger partial charge in [-0.25, -0.2) is 0 Å². The maximum absolute atomic E-state index is 5.82. The van der Waals surface area contributed by atoms with Crippen LogP contribution in [0.25, 0.3) is 0 Å². The first-order valence-electron chi connectivity index (χ1n) is 10.4. The van der Waals surface area contributed by atoms with E-state index in [0.29, 0.717) is 11.7 Å². The summed E-state index contributed by atoms with van der Waals surface area (Å²) in [7, 11) is 3.41. The Morgan fingerprint density at radius 3 is 2.52 bits per heavy atom. The average molecular weight is 437 g/mol. The standard InChI is InChI=1S/C24H28N4O2S/c1-16-15-20(17(2)27(16)13-14-29-3)23-22(21-7-5-6-12-25-21)26-24(31)28(23)18-8-10-19(30-4)11-9-18/h5-12,15,22-23H,13-14H2,1-4H3,(H,26,31). The Balaban J connectivity index is 1.82. The largest absolute Gasteiger partial charge is 0.497 e. The highest BCUT2D eigenvalue weighted by molar-refractivity contribution is 7.80. The van der Waals surface area contributed by atoms with E-state index < -0.39 is 0 Å². The van der Waals surface area contributed by atoms with Crippen LogP contribution in [0.15, 0.2) is 54.7 Å². The summed E-state index contributed by atoms with van der Waals surface area (Å²) in [5.41, 5.74) is 5.63. The van der Waals surface area contributed by atoms with Crippen molar-refractivity contribution in [3.05, 3.63) is 77.4 Å². The second kappa shape index (κ2) is 9.08. The van der Waals surface area contributed by atoms with E-state index in [1.165, 1.54) is 17.0 Å². The van der Waals surface area contributed by atoms with E-state index >= 15 is 0 Å². The zero-order chi connectivity index (χ0) is 22.0. The van der Waals surface area contributed by atoms with E-state index in [0.717, 1.165) is 23.7 Å². The van der Waals surface area contributed by atoms with Crippen LogP contribution in [0.1, 0.15) is 34.7 Å². The van der Waals surface area contributed by atoms with Crippen LogP contribution >= 0.6 is 12.2 Å². The number of hydrogen-bond donors (Lipinski definition) is 1. The summed E-state index contributed by atoms with van der Waals surface area (Å²) in [5, 5.41) is 4.21. The molecular weight excluding hydrogens is 408 g/mol. The number of benzene rings is 1. The predicted octanol–water partition coefficient (Wildman–Crippen LogP) is 4.33. The number of nitrogens with one attached hydrogen (secondary N) is 1. The zero-order valence-electron chi connectivity index (χ0n) is 18.3. The minimum atomic E-state index is -0.0628. The molecule has 0 radical (unpaired) electrons. The Hall–Kier alpha value is -2.90. The van der Waals surface area contributed by atoms with Crippen LogP contribution in [0.5, 0.6) is 5.75 Å². The highest BCUT2D eigenvalue weighted by Gasteiger charge is 2.42. The number of methoxy groups -OCH3 is 2. The van der Waals surface area contributed by atoms with Gasteiger partial charge < -0.3 is 24.3 Å². The third-order valence-corrected chi connectivity index (χ3v) is 6.21. The molecule has 0 amide bonds. The molecule has 1 saturated heterocycles. The van der Waals surface area contributed by atoms with E-state index in [1.54, 1.807) is 14.2 Å². The molecule has 4 rings (SSSR count). The first-order chi connectivity index (χ1) is 15.0. The highest BCUT2D eigenvalue weighted by Crippen LogP contribution is 2.43. The SMILES string of the molecule is COCCn1c(C)cc(C2C(c3ccccn3)NC(=S)N2c2ccc(OC)cc2)c1C. The number of pyridine rings is 1. The van der Waals surface area contributed by atoms with Gasteiger partial charge in [-0.3, -0.25) is 4.98 Å². The fourth-order valence-corrected chi connectivity index (χ4v) is 4.69. The number of thiocarbonyl (C=S) groups is 1. The van der Waals surface area contributed by atoms with Gasteiger partial charge >= 0.3 is 0 Å². The molecule has 1 aliphatic heterocycles. The monoisotopic (exact) mass is 436 g/mol. The Morgan fingerprint density at radius 2 is 1.87 bits per heavy atom. The molecule has 162 valence electrons. The van der Waals surface area contributed by atoms with Gasteiger partial charge in [0.1, 0.15) is 5.75 Å². The third kappa shape index (κ3) is 4.03. The van der Waals surface area contributed by atoms with Gasteiger partial charge in [0.05, 0.1) is 31.5 Å². The van der Waals surface area contributed by atoms with Crippen LogP contribution in [-0.4, -0.2) is 35.5 Å². The normalized spacial score (nSPS) is 18.3. The van der Waals surface area contributed by atoms with Crippen molar-refractivity contribution in [2.24, 2.45) is 0 Å². The van der Waals surface area contributed by atoms with Crippen LogP contribution < -0.4 is 15.0 Å². The zero-order valence-corrected chi connectivity index (χ0v) is 19.1. The minimum Gasteiger partial charge on any atom is -0.497 e. The van der Waals surface area contributed by atoms with Crippen molar-refractivity contribution < 1.29 is 9.47 Å². The average Bonchev–Trinajstić information content (AvgIpc) is 3.28. The summed E-state index contributed by atoms with van der Waals surface area (Å²) < 4.78 is 13.0. The third-order valence-electron chi connectivity index (χ3n) is 5.90. The van der Waals surface area contributed by atoms with E-state index in [4.69, 9.17) is 21.7 Å². The molecule has 0 aliphatic carbocycles. The molecule has 1 fully saturated rings. The number of aryl methyl sites for hydroxylation is 1. The summed E-state index contributed by atoms with van der Waals surface area (Å²) in [5.74, 6) is 0.817. The molecule has 6 nitrogen and oxygen atoms in total. The van der Waals surface area contributed by atoms with Gasteiger partial charge in [0.25, 0.3) is 0 Å². The van der Waals surface area contributed by atoms with Crippen molar-refractivity contribution in [3.8, 4) is 5.75 Å². The molecule has 0 bridgehead atoms. The van der Waals surface area contributed by atoms with Crippen molar-refractivity contribution in [2.75, 3.05) is 25.7 Å². The lowest BCUT2D eigenvalue weighted by atomic mass is 9.96. The van der Waals surface area contributed by atoms with Crippen LogP contribution in [0.3, 0.4) is 0 Å². The van der Waals surface area contributed by atoms with Gasteiger partial charge in [0.15, 0.2) is 5.11 Å². The Morgan fingerprint density at radius 1 is 1.10 bits per heavy atom. The summed E-state index contributed by atoms with van der Waals surface area (Å²) in [4.78, 5) is 6.83. The van der Waals surface area contributed by atoms with Gasteiger partial charge in [0.2, 0.25) is 0 Å². The quantitative estimate of drug-likeness (QED) is 0.557. The van der Waals surface area contributed by atoms with Gasteiger partial charge in [-0.2, -0.15) is 0 Å². The molecule has 3 aromatic rings. The van der Waals surface area contributed by atoms with Crippen LogP contribution in [0, 0.1) is 13.8 Å². The fourth-order valence-electron chi connectivity index (χ4n) is 4.35. The molecule has 0 spiro atoms. The van der Waals surface area contributed by atoms with Crippen LogP contribution in [0.2, 0.25) is 0 Å². The number of anilines is 1. The van der Waals surface area contributed by atoms with Crippen molar-refractivity contribution in [1.29, 1.82) is 0 Å². The Bertz CT molecular complexity index is 1050. The minimum absolute atomic E-state index is 0.0294. The molecule has 2 atom stereocenters. The molecule has 2 unspecified atom stereocenters. The molecule has 1 aromatic carbocycles. The van der Waals surface area contributed by atoms with Crippen LogP contribution in [0.4, 0.5) is 5.69 Å². The van der Waals surface area contributed by atoms with E-state index in [9.17, 15) is 0 Å². The number of hydrogen-bond acceptors (Lipinski definition) is 4. The van der Waals surface area contributed by atoms with Crippen molar-refractivity contribution in [2.45, 2.75) is 32.5 Å². The molecule has 2 aromatic heterocycles. The first-order valence-corrected chi connectivity index (χ1v) is 10.8. The van der Waals surface area contributed by atoms with E-state index in [1.807, 2.05) is 42.6 Å². The van der Waals surface area contributed by atoms with Crippen LogP contribution in [-0.2, 0) is 11.3 Å². The lowest BCUT2D eigenvalue weighted by Gasteiger charge is -2.28. The van der Waals surface area contributed by atoms with Crippen molar-refractivity contribution >= 4 is 23.0 Å². The number of aromatic nitrogens is 2. The molecule has 3 heterocycles. The highest BCUT2D eigenvalue weighted by atomic mass is 32.1. The topological polar surface area (TPSA) is 51.5 Å². The van der Waals surface area contributed by atoms with Gasteiger partial charge in [-0.1, -0.05) is 6.07 Å². The smallest absolute Gasteiger partial charge is 0.174 e. The number of nitrogens with zero attached hydrogens (tertiary/aromatic N) is 3. The lowest BCUT2D eigenvalue weighted by molar-refractivity contribution is 0.186. The molecule has 31 heavy (non-hydrogen) atoms. The Labute approximate surface area is 188 Å². The van der Waals surface area contributed by atoms with E-state index in [-0.39, 0.29) is 12.1 Å². The summed E-state index contributed by atoms with van der Waals surface area (Å²) in [6.45, 7) is 5.79. The van der Waals surface area contributed by atoms with Crippen molar-refractivity contribution in [1.82, 2.24) is 14.9 Å². The lowest BCUT2D eigenvalue weighted by Crippen LogP contribution is -2.29. The van der Waals surface area contributed by atoms with Gasteiger partial charge in [-0.15, -0.1) is 0 Å². The number of rotatable bonds is 7. The molecule has 0 saturated carbocycles. The van der Waals surface area contributed by atoms with Crippen molar-refractivity contribution in [3.63, 3.8) is 0 Å². The fraction of sp³-hybridized carbons (Fsp3) is 0.333. The molecular formula is C24H28N4O2S. The summed E-state index contributed by atoms with van der Waals surface area (Å²) in [6, 6.07) is 16.2. The van der Waals surface area contributed by atoms with E-state index in [2.05, 4.69) is 45.7 Å². The molecule has 7 heteroatoms. The summed E-state index contributed by atoms with van der Waals surface area (Å²) in [6.07, 6.45) is 1.83. The maximum Gasteiger partial charge on any atom is 0.174 e. The second-order valence-corrected chi connectivity index (χ2v) is 8.05. The molecule has 1 aliphatic rings. The summed E-state index contributed by atoms with van der Waals surface area (Å²) >= 11 is 5.82. The van der Waals surface area contributed by atoms with Gasteiger partial charge in [0, 0.05) is 36.9 Å². The second-order valence-electron chi connectivity index (χ2n) is 7.67. The molecule has 1 N–H and O–H groups in total. The first kappa shape index (κ1) is 21.3. The van der Waals surface area contributed by atoms with Gasteiger partial charge in [-0.05, 0) is 74.1 Å². The predicted molar refractivity (Wildman–Crippen MR) is 127 cm³/mol. The Kier molecular flexibility index (Phi) is 6.25.